The number of hydrogen-bond donors (Lipinski definition) is 5. The third-order valence-electron chi connectivity index (χ3n) is 6.89. The zero-order valence-electron chi connectivity index (χ0n) is 20.6. The number of rotatable bonds is 20. The SMILES string of the molecule is CCCCCCCCCCCCCCCC(=O)NC(CSC[C@@]1(O)C(C)[C@@H](O)[C@H]1O)C(=O)O. The number of hydrogen-bond acceptors (Lipinski definition) is 6. The Morgan fingerprint density at radius 1 is 0.909 bits per heavy atom. The van der Waals surface area contributed by atoms with Gasteiger partial charge in [-0.25, -0.2) is 4.79 Å². The van der Waals surface area contributed by atoms with Crippen LogP contribution in [0.5, 0.6) is 0 Å². The first kappa shape index (κ1) is 30.2. The monoisotopic (exact) mass is 489 g/mol. The van der Waals surface area contributed by atoms with Gasteiger partial charge in [0, 0.05) is 23.8 Å². The number of thioether (sulfide) groups is 1. The van der Waals surface area contributed by atoms with Crippen LogP contribution in [-0.4, -0.2) is 67.7 Å². The molecule has 2 unspecified atom stereocenters. The van der Waals surface area contributed by atoms with Gasteiger partial charge in [-0.15, -0.1) is 0 Å². The average Bonchev–Trinajstić information content (AvgIpc) is 2.79. The van der Waals surface area contributed by atoms with E-state index < -0.39 is 35.7 Å². The van der Waals surface area contributed by atoms with Crippen LogP contribution in [0.25, 0.3) is 0 Å². The van der Waals surface area contributed by atoms with Crippen LogP contribution in [-0.2, 0) is 9.59 Å². The number of carboxylic acids is 1. The molecule has 1 rings (SSSR count). The minimum absolute atomic E-state index is 0.0948. The van der Waals surface area contributed by atoms with Crippen molar-refractivity contribution in [2.75, 3.05) is 11.5 Å². The van der Waals surface area contributed by atoms with Gasteiger partial charge in [0.2, 0.25) is 5.91 Å². The highest BCUT2D eigenvalue weighted by atomic mass is 32.2. The highest BCUT2D eigenvalue weighted by molar-refractivity contribution is 7.99. The van der Waals surface area contributed by atoms with E-state index in [1.807, 2.05) is 0 Å². The van der Waals surface area contributed by atoms with Crippen molar-refractivity contribution in [3.8, 4) is 0 Å². The van der Waals surface area contributed by atoms with E-state index in [1.54, 1.807) is 6.92 Å². The molecule has 194 valence electrons. The standard InChI is InChI=1S/C25H47NO6S/c1-3-4-5-6-7-8-9-10-11-12-13-14-15-16-21(27)26-20(24(30)31)17-33-18-25(32)19(2)22(28)23(25)29/h19-20,22-23,28-29,32H,3-18H2,1-2H3,(H,26,27)(H,30,31)/t19?,20?,22-,23-,25-/m1/s1. The van der Waals surface area contributed by atoms with Crippen LogP contribution in [0.4, 0.5) is 0 Å². The van der Waals surface area contributed by atoms with Crippen molar-refractivity contribution >= 4 is 23.6 Å². The Kier molecular flexibility index (Phi) is 15.3. The summed E-state index contributed by atoms with van der Waals surface area (Å²) < 4.78 is 0. The lowest BCUT2D eigenvalue weighted by molar-refractivity contribution is -0.242. The Balaban J connectivity index is 2.06. The molecule has 33 heavy (non-hydrogen) atoms. The third-order valence-corrected chi connectivity index (χ3v) is 8.13. The van der Waals surface area contributed by atoms with E-state index in [2.05, 4.69) is 12.2 Å². The molecular weight excluding hydrogens is 442 g/mol. The van der Waals surface area contributed by atoms with Crippen molar-refractivity contribution < 1.29 is 30.0 Å². The number of aliphatic hydroxyl groups is 3. The number of nitrogens with one attached hydrogen (secondary N) is 1. The largest absolute Gasteiger partial charge is 0.480 e. The fourth-order valence-corrected chi connectivity index (χ4v) is 5.66. The van der Waals surface area contributed by atoms with E-state index in [0.717, 1.165) is 31.0 Å². The molecule has 1 amide bonds. The van der Waals surface area contributed by atoms with Crippen LogP contribution < -0.4 is 5.32 Å². The van der Waals surface area contributed by atoms with Crippen molar-refractivity contribution in [2.24, 2.45) is 5.92 Å². The number of aliphatic carboxylic acids is 1. The van der Waals surface area contributed by atoms with Crippen molar-refractivity contribution in [1.29, 1.82) is 0 Å². The second-order valence-electron chi connectivity index (χ2n) is 9.68. The second kappa shape index (κ2) is 16.7. The molecule has 0 aromatic heterocycles. The number of carboxylic acid groups (broad SMARTS) is 1. The fourth-order valence-electron chi connectivity index (χ4n) is 4.32. The summed E-state index contributed by atoms with van der Waals surface area (Å²) in [5, 5.41) is 41.7. The van der Waals surface area contributed by atoms with Gasteiger partial charge in [0.25, 0.3) is 0 Å². The predicted molar refractivity (Wildman–Crippen MR) is 133 cm³/mol. The quantitative estimate of drug-likeness (QED) is 0.164. The summed E-state index contributed by atoms with van der Waals surface area (Å²) in [5.41, 5.74) is -1.42. The van der Waals surface area contributed by atoms with Crippen LogP contribution in [0.15, 0.2) is 0 Å². The van der Waals surface area contributed by atoms with Gasteiger partial charge < -0.3 is 25.7 Å². The summed E-state index contributed by atoms with van der Waals surface area (Å²) in [4.78, 5) is 23.6. The first-order valence-electron chi connectivity index (χ1n) is 12.9. The van der Waals surface area contributed by atoms with Crippen molar-refractivity contribution in [1.82, 2.24) is 5.32 Å². The topological polar surface area (TPSA) is 127 Å². The molecule has 0 radical (unpaired) electrons. The maximum atomic E-state index is 12.1. The van der Waals surface area contributed by atoms with Crippen molar-refractivity contribution in [2.45, 2.75) is 128 Å². The summed E-state index contributed by atoms with van der Waals surface area (Å²) in [7, 11) is 0. The Bertz CT molecular complexity index is 551. The van der Waals surface area contributed by atoms with Gasteiger partial charge in [-0.05, 0) is 6.42 Å². The van der Waals surface area contributed by atoms with E-state index in [-0.39, 0.29) is 17.4 Å². The minimum atomic E-state index is -1.42. The minimum Gasteiger partial charge on any atom is -0.480 e. The zero-order chi connectivity index (χ0) is 24.7. The molecule has 0 spiro atoms. The lowest BCUT2D eigenvalue weighted by Gasteiger charge is -2.52. The summed E-state index contributed by atoms with van der Waals surface area (Å²) in [6, 6.07) is -1.04. The molecule has 1 fully saturated rings. The van der Waals surface area contributed by atoms with Gasteiger partial charge in [0.1, 0.15) is 17.7 Å². The maximum absolute atomic E-state index is 12.1. The smallest absolute Gasteiger partial charge is 0.327 e. The number of carbonyl (C=O) groups excluding carboxylic acids is 1. The van der Waals surface area contributed by atoms with Crippen molar-refractivity contribution in [3.63, 3.8) is 0 Å². The molecule has 5 atom stereocenters. The molecule has 7 nitrogen and oxygen atoms in total. The predicted octanol–water partition coefficient (Wildman–Crippen LogP) is 3.87. The Morgan fingerprint density at radius 2 is 1.39 bits per heavy atom. The molecule has 0 bridgehead atoms. The molecule has 1 aliphatic carbocycles. The summed E-state index contributed by atoms with van der Waals surface area (Å²) in [6.45, 7) is 3.88. The van der Waals surface area contributed by atoms with E-state index in [4.69, 9.17) is 0 Å². The Labute approximate surface area is 204 Å². The number of unbranched alkanes of at least 4 members (excludes halogenated alkanes) is 12. The van der Waals surface area contributed by atoms with E-state index in [1.165, 1.54) is 64.2 Å². The average molecular weight is 490 g/mol. The lowest BCUT2D eigenvalue weighted by Crippen LogP contribution is -2.70. The molecule has 0 aromatic rings. The van der Waals surface area contributed by atoms with Gasteiger partial charge in [-0.1, -0.05) is 90.9 Å². The first-order chi connectivity index (χ1) is 15.7. The van der Waals surface area contributed by atoms with Crippen molar-refractivity contribution in [3.05, 3.63) is 0 Å². The fraction of sp³-hybridized carbons (Fsp3) is 0.920. The number of aliphatic hydroxyl groups excluding tert-OH is 2. The molecule has 0 saturated heterocycles. The van der Waals surface area contributed by atoms with E-state index in [0.29, 0.717) is 6.42 Å². The van der Waals surface area contributed by atoms with Crippen LogP contribution in [0, 0.1) is 5.92 Å². The molecular formula is C25H47NO6S. The van der Waals surface area contributed by atoms with Gasteiger partial charge in [0.05, 0.1) is 6.10 Å². The third kappa shape index (κ3) is 11.0. The molecule has 0 aliphatic heterocycles. The normalized spacial score (nSPS) is 25.4. The molecule has 1 aliphatic rings. The second-order valence-corrected chi connectivity index (χ2v) is 10.7. The van der Waals surface area contributed by atoms with Crippen LogP contribution in [0.1, 0.15) is 104 Å². The van der Waals surface area contributed by atoms with Gasteiger partial charge in [-0.3, -0.25) is 4.79 Å². The summed E-state index contributed by atoms with van der Waals surface area (Å²) in [5.74, 6) is -1.66. The summed E-state index contributed by atoms with van der Waals surface area (Å²) >= 11 is 1.15. The summed E-state index contributed by atoms with van der Waals surface area (Å²) in [6.07, 6.45) is 14.1. The molecule has 8 heteroatoms. The Morgan fingerprint density at radius 3 is 1.85 bits per heavy atom. The van der Waals surface area contributed by atoms with Crippen LogP contribution >= 0.6 is 11.8 Å². The zero-order valence-corrected chi connectivity index (χ0v) is 21.5. The molecule has 1 saturated carbocycles. The maximum Gasteiger partial charge on any atom is 0.327 e. The van der Waals surface area contributed by atoms with Gasteiger partial charge in [-0.2, -0.15) is 11.8 Å². The van der Waals surface area contributed by atoms with Gasteiger partial charge in [0.15, 0.2) is 0 Å². The first-order valence-corrected chi connectivity index (χ1v) is 14.1. The molecule has 5 N–H and O–H groups in total. The Hall–Kier alpha value is -0.830. The van der Waals surface area contributed by atoms with Crippen LogP contribution in [0.3, 0.4) is 0 Å². The van der Waals surface area contributed by atoms with Crippen LogP contribution in [0.2, 0.25) is 0 Å². The van der Waals surface area contributed by atoms with E-state index in [9.17, 15) is 30.0 Å². The molecule has 0 heterocycles. The number of amides is 1. The highest BCUT2D eigenvalue weighted by Gasteiger charge is 2.58. The number of carbonyl (C=O) groups is 2. The lowest BCUT2D eigenvalue weighted by atomic mass is 9.66. The van der Waals surface area contributed by atoms with E-state index >= 15 is 0 Å². The van der Waals surface area contributed by atoms with Gasteiger partial charge >= 0.3 is 5.97 Å². The highest BCUT2D eigenvalue weighted by Crippen LogP contribution is 2.41. The molecule has 0 aromatic carbocycles.